The van der Waals surface area contributed by atoms with E-state index >= 15 is 0 Å². The van der Waals surface area contributed by atoms with Crippen LogP contribution in [0.5, 0.6) is 0 Å². The summed E-state index contributed by atoms with van der Waals surface area (Å²) in [6, 6.07) is 11.7. The van der Waals surface area contributed by atoms with E-state index in [2.05, 4.69) is 28.2 Å². The molecule has 2 unspecified atom stereocenters. The molecule has 2 aromatic heterocycles. The summed E-state index contributed by atoms with van der Waals surface area (Å²) in [6.45, 7) is 4.11. The van der Waals surface area contributed by atoms with Gasteiger partial charge in [0.2, 0.25) is 0 Å². The first-order valence-electron chi connectivity index (χ1n) is 12.4. The molecule has 0 saturated carbocycles. The van der Waals surface area contributed by atoms with Crippen LogP contribution in [-0.4, -0.2) is 39.9 Å². The molecule has 0 bridgehead atoms. The average molecular weight is 511 g/mol. The van der Waals surface area contributed by atoms with Gasteiger partial charge in [0.15, 0.2) is 0 Å². The van der Waals surface area contributed by atoms with Crippen LogP contribution in [0.15, 0.2) is 47.4 Å². The smallest absolute Gasteiger partial charge is 0.277 e. The van der Waals surface area contributed by atoms with Crippen molar-refractivity contribution in [3.05, 3.63) is 63.0 Å². The Morgan fingerprint density at radius 1 is 1.06 bits per heavy atom. The van der Waals surface area contributed by atoms with Crippen molar-refractivity contribution in [1.82, 2.24) is 19.4 Å². The van der Waals surface area contributed by atoms with Crippen LogP contribution in [0, 0.1) is 5.92 Å². The standard InChI is InChI=1S/C27H28Cl2N4O2/c28-21-11-23-25(12-22(21)29)33(14-17-5-3-9-30-13-17)27(34)26(31-23)20-16-32(15-18-6-4-10-35-18)24-8-2-1-7-19(20)24/h1-2,7-8,11-12,16-18,30H,3-6,9-10,13-15H2. The number of hydrogen-bond donors (Lipinski definition) is 1. The van der Waals surface area contributed by atoms with Gasteiger partial charge in [-0.3, -0.25) is 4.79 Å². The predicted octanol–water partition coefficient (Wildman–Crippen LogP) is 5.50. The predicted molar refractivity (Wildman–Crippen MR) is 142 cm³/mol. The number of nitrogens with zero attached hydrogens (tertiary/aromatic N) is 3. The summed E-state index contributed by atoms with van der Waals surface area (Å²) < 4.78 is 9.95. The zero-order valence-electron chi connectivity index (χ0n) is 19.5. The zero-order chi connectivity index (χ0) is 23.9. The summed E-state index contributed by atoms with van der Waals surface area (Å²) in [4.78, 5) is 18.9. The Morgan fingerprint density at radius 3 is 2.71 bits per heavy atom. The van der Waals surface area contributed by atoms with Gasteiger partial charge in [0.1, 0.15) is 5.69 Å². The van der Waals surface area contributed by atoms with Gasteiger partial charge in [-0.1, -0.05) is 41.4 Å². The van der Waals surface area contributed by atoms with E-state index in [1.54, 1.807) is 12.1 Å². The lowest BCUT2D eigenvalue weighted by Gasteiger charge is -2.24. The molecular formula is C27H28Cl2N4O2. The van der Waals surface area contributed by atoms with Crippen LogP contribution in [0.4, 0.5) is 0 Å². The molecule has 1 N–H and O–H groups in total. The largest absolute Gasteiger partial charge is 0.376 e. The van der Waals surface area contributed by atoms with Gasteiger partial charge in [0.25, 0.3) is 5.56 Å². The minimum absolute atomic E-state index is 0.0958. The fourth-order valence-electron chi connectivity index (χ4n) is 5.53. The number of benzene rings is 2. The summed E-state index contributed by atoms with van der Waals surface area (Å²) >= 11 is 12.7. The second-order valence-corrected chi connectivity index (χ2v) is 10.5. The average Bonchev–Trinajstić information content (AvgIpc) is 3.51. The highest BCUT2D eigenvalue weighted by Gasteiger charge is 2.23. The Balaban J connectivity index is 1.53. The van der Waals surface area contributed by atoms with Gasteiger partial charge in [-0.25, -0.2) is 4.98 Å². The Hall–Kier alpha value is -2.38. The lowest BCUT2D eigenvalue weighted by atomic mass is 9.99. The number of hydrogen-bond acceptors (Lipinski definition) is 4. The molecule has 0 aliphatic carbocycles. The number of aromatic nitrogens is 3. The zero-order valence-corrected chi connectivity index (χ0v) is 21.0. The molecule has 0 spiro atoms. The van der Waals surface area contributed by atoms with Crippen LogP contribution in [0.2, 0.25) is 10.0 Å². The summed E-state index contributed by atoms with van der Waals surface area (Å²) in [5.74, 6) is 0.371. The topological polar surface area (TPSA) is 61.1 Å². The normalized spacial score (nSPS) is 20.7. The Kier molecular flexibility index (Phi) is 6.31. The summed E-state index contributed by atoms with van der Waals surface area (Å²) in [5.41, 5.74) is 3.67. The SMILES string of the molecule is O=c1c(-c2cn(CC3CCCO3)c3ccccc23)nc2cc(Cl)c(Cl)cc2n1CC1CCCNC1. The first kappa shape index (κ1) is 23.0. The first-order chi connectivity index (χ1) is 17.1. The molecule has 2 aromatic carbocycles. The Bertz CT molecular complexity index is 1450. The second kappa shape index (κ2) is 9.58. The fraction of sp³-hybridized carbons (Fsp3) is 0.407. The highest BCUT2D eigenvalue weighted by molar-refractivity contribution is 6.42. The monoisotopic (exact) mass is 510 g/mol. The van der Waals surface area contributed by atoms with Crippen molar-refractivity contribution < 1.29 is 4.74 Å². The molecule has 182 valence electrons. The molecule has 4 heterocycles. The van der Waals surface area contributed by atoms with Crippen molar-refractivity contribution >= 4 is 45.1 Å². The number of piperidine rings is 1. The third kappa shape index (κ3) is 4.38. The number of rotatable bonds is 5. The molecule has 2 atom stereocenters. The van der Waals surface area contributed by atoms with Crippen LogP contribution in [0.1, 0.15) is 25.7 Å². The van der Waals surface area contributed by atoms with Gasteiger partial charge >= 0.3 is 0 Å². The molecule has 2 aliphatic heterocycles. The van der Waals surface area contributed by atoms with Crippen LogP contribution in [-0.2, 0) is 17.8 Å². The first-order valence-corrected chi connectivity index (χ1v) is 13.1. The van der Waals surface area contributed by atoms with Gasteiger partial charge < -0.3 is 19.2 Å². The van der Waals surface area contributed by atoms with E-state index < -0.39 is 0 Å². The second-order valence-electron chi connectivity index (χ2n) is 9.69. The van der Waals surface area contributed by atoms with Gasteiger partial charge in [-0.05, 0) is 62.9 Å². The van der Waals surface area contributed by atoms with Gasteiger partial charge in [-0.2, -0.15) is 0 Å². The molecule has 2 fully saturated rings. The van der Waals surface area contributed by atoms with Crippen molar-refractivity contribution in [2.24, 2.45) is 5.92 Å². The Labute approximate surface area is 213 Å². The van der Waals surface area contributed by atoms with Crippen LogP contribution < -0.4 is 10.9 Å². The van der Waals surface area contributed by atoms with Crippen LogP contribution >= 0.6 is 23.2 Å². The number of halogens is 2. The number of ether oxygens (including phenoxy) is 1. The minimum Gasteiger partial charge on any atom is -0.376 e. The summed E-state index contributed by atoms with van der Waals surface area (Å²) in [7, 11) is 0. The van der Waals surface area contributed by atoms with Crippen molar-refractivity contribution in [2.75, 3.05) is 19.7 Å². The third-order valence-corrected chi connectivity index (χ3v) is 8.02. The molecule has 6 rings (SSSR count). The molecule has 35 heavy (non-hydrogen) atoms. The van der Waals surface area contributed by atoms with E-state index in [0.29, 0.717) is 33.7 Å². The van der Waals surface area contributed by atoms with Crippen LogP contribution in [0.3, 0.4) is 0 Å². The molecule has 2 saturated heterocycles. The summed E-state index contributed by atoms with van der Waals surface area (Å²) in [6.07, 6.45) is 6.59. The highest BCUT2D eigenvalue weighted by Crippen LogP contribution is 2.32. The molecule has 0 radical (unpaired) electrons. The highest BCUT2D eigenvalue weighted by atomic mass is 35.5. The van der Waals surface area contributed by atoms with Gasteiger partial charge in [0, 0.05) is 42.4 Å². The van der Waals surface area contributed by atoms with E-state index in [1.165, 1.54) is 0 Å². The molecule has 0 amide bonds. The molecule has 2 aliphatic rings. The number of nitrogens with one attached hydrogen (secondary N) is 1. The van der Waals surface area contributed by atoms with Crippen LogP contribution in [0.25, 0.3) is 33.2 Å². The van der Waals surface area contributed by atoms with E-state index in [0.717, 1.165) is 73.9 Å². The summed E-state index contributed by atoms with van der Waals surface area (Å²) in [5, 5.41) is 5.33. The van der Waals surface area contributed by atoms with Crippen molar-refractivity contribution in [2.45, 2.75) is 44.9 Å². The fourth-order valence-corrected chi connectivity index (χ4v) is 5.84. The van der Waals surface area contributed by atoms with Crippen molar-refractivity contribution in [3.8, 4) is 11.3 Å². The molecule has 4 aromatic rings. The van der Waals surface area contributed by atoms with Gasteiger partial charge in [-0.15, -0.1) is 0 Å². The Morgan fingerprint density at radius 2 is 1.91 bits per heavy atom. The van der Waals surface area contributed by atoms with E-state index in [4.69, 9.17) is 32.9 Å². The minimum atomic E-state index is -0.0958. The maximum atomic E-state index is 14.0. The van der Waals surface area contributed by atoms with E-state index in [-0.39, 0.29) is 11.7 Å². The molecular weight excluding hydrogens is 483 g/mol. The quantitative estimate of drug-likeness (QED) is 0.384. The van der Waals surface area contributed by atoms with Crippen molar-refractivity contribution in [3.63, 3.8) is 0 Å². The lowest BCUT2D eigenvalue weighted by molar-refractivity contribution is 0.0980. The van der Waals surface area contributed by atoms with Crippen molar-refractivity contribution in [1.29, 1.82) is 0 Å². The van der Waals surface area contributed by atoms with Gasteiger partial charge in [0.05, 0.1) is 27.2 Å². The molecule has 6 nitrogen and oxygen atoms in total. The van der Waals surface area contributed by atoms with E-state index in [9.17, 15) is 4.79 Å². The van der Waals surface area contributed by atoms with E-state index in [1.807, 2.05) is 16.7 Å². The third-order valence-electron chi connectivity index (χ3n) is 7.30. The maximum absolute atomic E-state index is 14.0. The number of fused-ring (bicyclic) bond motifs is 2. The molecule has 8 heteroatoms. The number of para-hydroxylation sites is 1. The maximum Gasteiger partial charge on any atom is 0.277 e. The lowest BCUT2D eigenvalue weighted by Crippen LogP contribution is -2.35.